The van der Waals surface area contributed by atoms with Gasteiger partial charge >= 0.3 is 12.1 Å². The molecule has 0 saturated heterocycles. The first-order chi connectivity index (χ1) is 12.6. The fourth-order valence-electron chi connectivity index (χ4n) is 1.90. The second-order valence-electron chi connectivity index (χ2n) is 6.77. The zero-order valence-electron chi connectivity index (χ0n) is 15.9. The van der Waals surface area contributed by atoms with Crippen molar-refractivity contribution in [2.75, 3.05) is 6.61 Å². The number of aliphatic hydroxyl groups excluding tert-OH is 1. The van der Waals surface area contributed by atoms with Crippen molar-refractivity contribution in [3.63, 3.8) is 0 Å². The van der Waals surface area contributed by atoms with Gasteiger partial charge in [-0.1, -0.05) is 30.3 Å². The molecular formula is C18H26N2O7. The summed E-state index contributed by atoms with van der Waals surface area (Å²) in [7, 11) is 0. The average molecular weight is 382 g/mol. The number of nitrogens with one attached hydrogen (secondary N) is 2. The van der Waals surface area contributed by atoms with Crippen molar-refractivity contribution in [3.05, 3.63) is 35.9 Å². The number of ether oxygens (including phenoxy) is 2. The van der Waals surface area contributed by atoms with Crippen LogP contribution in [0.15, 0.2) is 30.3 Å². The van der Waals surface area contributed by atoms with E-state index in [2.05, 4.69) is 5.32 Å². The topological polar surface area (TPSA) is 123 Å². The first-order valence-corrected chi connectivity index (χ1v) is 8.37. The number of esters is 1. The van der Waals surface area contributed by atoms with Gasteiger partial charge < -0.3 is 19.9 Å². The van der Waals surface area contributed by atoms with Gasteiger partial charge in [0.2, 0.25) is 0 Å². The molecule has 0 aliphatic carbocycles. The van der Waals surface area contributed by atoms with Gasteiger partial charge in [0.05, 0.1) is 6.10 Å². The summed E-state index contributed by atoms with van der Waals surface area (Å²) in [6.45, 7) is 5.88. The Morgan fingerprint density at radius 3 is 2.33 bits per heavy atom. The zero-order chi connectivity index (χ0) is 20.4. The van der Waals surface area contributed by atoms with Crippen molar-refractivity contribution in [3.8, 4) is 0 Å². The molecule has 0 bridgehead atoms. The number of aliphatic hydroxyl groups is 1. The summed E-state index contributed by atoms with van der Waals surface area (Å²) in [6, 6.07) is 7.64. The lowest BCUT2D eigenvalue weighted by molar-refractivity contribution is -0.165. The summed E-state index contributed by atoms with van der Waals surface area (Å²) in [6.07, 6.45) is -2.11. The maximum Gasteiger partial charge on any atom is 0.408 e. The number of rotatable bonds is 8. The normalized spacial score (nSPS) is 13.2. The Labute approximate surface area is 157 Å². The molecule has 1 aromatic rings. The van der Waals surface area contributed by atoms with E-state index in [0.717, 1.165) is 5.56 Å². The lowest BCUT2D eigenvalue weighted by atomic mass is 10.2. The van der Waals surface area contributed by atoms with E-state index >= 15 is 0 Å². The lowest BCUT2D eigenvalue weighted by Crippen LogP contribution is -2.52. The SMILES string of the molecule is C[C@@H](O)[C@H](NC(=O)OCc1ccccc1)C(=O)NOCC(=O)OC(C)(C)C. The minimum absolute atomic E-state index is 0.00989. The molecule has 1 rings (SSSR count). The minimum Gasteiger partial charge on any atom is -0.458 e. The zero-order valence-corrected chi connectivity index (χ0v) is 15.9. The summed E-state index contributed by atoms with van der Waals surface area (Å²) >= 11 is 0. The molecule has 2 amide bonds. The van der Waals surface area contributed by atoms with Crippen LogP contribution in [-0.2, 0) is 30.5 Å². The van der Waals surface area contributed by atoms with Crippen molar-refractivity contribution < 1.29 is 33.8 Å². The summed E-state index contributed by atoms with van der Waals surface area (Å²) in [4.78, 5) is 40.1. The van der Waals surface area contributed by atoms with Crippen molar-refractivity contribution in [1.82, 2.24) is 10.8 Å². The van der Waals surface area contributed by atoms with Crippen LogP contribution < -0.4 is 10.8 Å². The molecule has 0 radical (unpaired) electrons. The molecule has 0 fully saturated rings. The Morgan fingerprint density at radius 2 is 1.78 bits per heavy atom. The van der Waals surface area contributed by atoms with E-state index in [1.165, 1.54) is 6.92 Å². The second-order valence-corrected chi connectivity index (χ2v) is 6.77. The third kappa shape index (κ3) is 9.57. The van der Waals surface area contributed by atoms with E-state index in [1.807, 2.05) is 11.5 Å². The van der Waals surface area contributed by atoms with Crippen molar-refractivity contribution in [2.24, 2.45) is 0 Å². The van der Waals surface area contributed by atoms with Crippen LogP contribution in [0.4, 0.5) is 4.79 Å². The highest BCUT2D eigenvalue weighted by atomic mass is 16.7. The molecule has 1 aromatic carbocycles. The standard InChI is InChI=1S/C18H26N2O7/c1-12(21)15(16(23)20-26-11-14(22)27-18(2,3)4)19-17(24)25-10-13-8-6-5-7-9-13/h5-9,12,15,21H,10-11H2,1-4H3,(H,19,24)(H,20,23)/t12-,15+/m1/s1. The molecule has 27 heavy (non-hydrogen) atoms. The third-order valence-electron chi connectivity index (χ3n) is 3.03. The lowest BCUT2D eigenvalue weighted by Gasteiger charge is -2.21. The van der Waals surface area contributed by atoms with E-state index in [9.17, 15) is 19.5 Å². The monoisotopic (exact) mass is 382 g/mol. The Balaban J connectivity index is 2.43. The molecule has 0 aromatic heterocycles. The molecule has 150 valence electrons. The molecule has 3 N–H and O–H groups in total. The van der Waals surface area contributed by atoms with E-state index in [4.69, 9.17) is 14.3 Å². The molecule has 0 spiro atoms. The van der Waals surface area contributed by atoms with Gasteiger partial charge in [-0.2, -0.15) is 0 Å². The van der Waals surface area contributed by atoms with Gasteiger partial charge in [-0.3, -0.25) is 9.63 Å². The van der Waals surface area contributed by atoms with Crippen LogP contribution in [0.1, 0.15) is 33.3 Å². The Kier molecular flexibility index (Phi) is 8.70. The number of carbonyl (C=O) groups is 3. The molecule has 2 atom stereocenters. The number of carbonyl (C=O) groups excluding carboxylic acids is 3. The van der Waals surface area contributed by atoms with Crippen molar-refractivity contribution in [1.29, 1.82) is 0 Å². The van der Waals surface area contributed by atoms with Gasteiger partial charge in [0.1, 0.15) is 18.2 Å². The largest absolute Gasteiger partial charge is 0.458 e. The average Bonchev–Trinajstić information content (AvgIpc) is 2.56. The number of hydroxylamine groups is 1. The molecular weight excluding hydrogens is 356 g/mol. The quantitative estimate of drug-likeness (QED) is 0.454. The molecule has 0 saturated carbocycles. The predicted molar refractivity (Wildman–Crippen MR) is 95.2 cm³/mol. The highest BCUT2D eigenvalue weighted by Gasteiger charge is 2.27. The Morgan fingerprint density at radius 1 is 1.15 bits per heavy atom. The predicted octanol–water partition coefficient (Wildman–Crippen LogP) is 1.05. The molecule has 0 aliphatic rings. The van der Waals surface area contributed by atoms with Crippen LogP contribution in [0.5, 0.6) is 0 Å². The van der Waals surface area contributed by atoms with Gasteiger partial charge in [0, 0.05) is 0 Å². The Bertz CT molecular complexity index is 626. The number of amides is 2. The summed E-state index contributed by atoms with van der Waals surface area (Å²) in [5, 5.41) is 11.9. The highest BCUT2D eigenvalue weighted by molar-refractivity contribution is 5.85. The molecule has 0 unspecified atom stereocenters. The maximum absolute atomic E-state index is 12.0. The Hall–Kier alpha value is -2.65. The fraction of sp³-hybridized carbons (Fsp3) is 0.500. The maximum atomic E-state index is 12.0. The van der Waals surface area contributed by atoms with E-state index in [0.29, 0.717) is 0 Å². The van der Waals surface area contributed by atoms with E-state index in [-0.39, 0.29) is 6.61 Å². The number of hydrogen-bond donors (Lipinski definition) is 3. The third-order valence-corrected chi connectivity index (χ3v) is 3.03. The van der Waals surface area contributed by atoms with Crippen molar-refractivity contribution >= 4 is 18.0 Å². The van der Waals surface area contributed by atoms with Crippen LogP contribution in [0.3, 0.4) is 0 Å². The first-order valence-electron chi connectivity index (χ1n) is 8.37. The first kappa shape index (κ1) is 22.4. The van der Waals surface area contributed by atoms with Gasteiger partial charge in [-0.05, 0) is 33.3 Å². The van der Waals surface area contributed by atoms with Crippen LogP contribution in [0, 0.1) is 0 Å². The number of benzene rings is 1. The summed E-state index contributed by atoms with van der Waals surface area (Å²) in [5.41, 5.74) is 2.08. The van der Waals surface area contributed by atoms with Crippen LogP contribution in [0.25, 0.3) is 0 Å². The van der Waals surface area contributed by atoms with Gasteiger partial charge in [0.15, 0.2) is 6.61 Å². The van der Waals surface area contributed by atoms with E-state index < -0.39 is 42.3 Å². The highest BCUT2D eigenvalue weighted by Crippen LogP contribution is 2.06. The summed E-state index contributed by atoms with van der Waals surface area (Å²) in [5.74, 6) is -1.52. The van der Waals surface area contributed by atoms with Gasteiger partial charge in [0.25, 0.3) is 5.91 Å². The van der Waals surface area contributed by atoms with E-state index in [1.54, 1.807) is 45.0 Å². The van der Waals surface area contributed by atoms with Gasteiger partial charge in [-0.15, -0.1) is 0 Å². The number of hydrogen-bond acceptors (Lipinski definition) is 7. The molecule has 0 heterocycles. The number of alkyl carbamates (subject to hydrolysis) is 1. The van der Waals surface area contributed by atoms with Crippen molar-refractivity contribution in [2.45, 2.75) is 52.0 Å². The summed E-state index contributed by atoms with van der Waals surface area (Å²) < 4.78 is 10.0. The van der Waals surface area contributed by atoms with Crippen LogP contribution in [-0.4, -0.2) is 47.4 Å². The van der Waals surface area contributed by atoms with Crippen LogP contribution in [0.2, 0.25) is 0 Å². The smallest absolute Gasteiger partial charge is 0.408 e. The molecule has 9 heteroatoms. The second kappa shape index (κ2) is 10.5. The molecule has 9 nitrogen and oxygen atoms in total. The minimum atomic E-state index is -1.33. The van der Waals surface area contributed by atoms with Crippen LogP contribution >= 0.6 is 0 Å². The molecule has 0 aliphatic heterocycles. The fourth-order valence-corrected chi connectivity index (χ4v) is 1.90. The van der Waals surface area contributed by atoms with Gasteiger partial charge in [-0.25, -0.2) is 15.1 Å².